The van der Waals surface area contributed by atoms with E-state index in [-0.39, 0.29) is 12.6 Å². The number of hydrogen-bond acceptors (Lipinski definition) is 4. The average molecular weight is 236 g/mol. The van der Waals surface area contributed by atoms with Crippen LogP contribution in [0.4, 0.5) is 5.69 Å². The van der Waals surface area contributed by atoms with Gasteiger partial charge in [-0.3, -0.25) is 4.90 Å². The fourth-order valence-corrected chi connectivity index (χ4v) is 2.44. The van der Waals surface area contributed by atoms with Gasteiger partial charge in [0.25, 0.3) is 0 Å². The maximum absolute atomic E-state index is 10.1. The zero-order valence-electron chi connectivity index (χ0n) is 9.92. The Labute approximate surface area is 102 Å². The number of nitrogens with zero attached hydrogens (tertiary/aromatic N) is 1. The van der Waals surface area contributed by atoms with E-state index >= 15 is 0 Å². The minimum atomic E-state index is -0.536. The van der Waals surface area contributed by atoms with Crippen molar-refractivity contribution in [3.05, 3.63) is 29.8 Å². The molecule has 17 heavy (non-hydrogen) atoms. The Morgan fingerprint density at radius 3 is 3.00 bits per heavy atom. The highest BCUT2D eigenvalue weighted by molar-refractivity contribution is 5.41. The van der Waals surface area contributed by atoms with E-state index in [9.17, 15) is 10.2 Å². The summed E-state index contributed by atoms with van der Waals surface area (Å²) in [6, 6.07) is 7.54. The number of aliphatic hydroxyl groups excluding tert-OH is 2. The molecule has 94 valence electrons. The van der Waals surface area contributed by atoms with Crippen molar-refractivity contribution in [3.63, 3.8) is 0 Å². The Balaban J connectivity index is 1.99. The van der Waals surface area contributed by atoms with Crippen molar-refractivity contribution in [1.82, 2.24) is 4.90 Å². The van der Waals surface area contributed by atoms with Crippen molar-refractivity contribution < 1.29 is 10.2 Å². The van der Waals surface area contributed by atoms with Gasteiger partial charge in [0, 0.05) is 18.3 Å². The van der Waals surface area contributed by atoms with E-state index in [1.165, 1.54) is 0 Å². The molecule has 2 rings (SSSR count). The van der Waals surface area contributed by atoms with E-state index in [4.69, 9.17) is 5.73 Å². The highest BCUT2D eigenvalue weighted by Gasteiger charge is 2.25. The van der Waals surface area contributed by atoms with Gasteiger partial charge in [0.1, 0.15) is 0 Å². The first-order chi connectivity index (χ1) is 8.20. The minimum absolute atomic E-state index is 0.170. The van der Waals surface area contributed by atoms with Crippen LogP contribution < -0.4 is 5.73 Å². The summed E-state index contributed by atoms with van der Waals surface area (Å²) in [6.45, 7) is 1.68. The molecule has 0 bridgehead atoms. The van der Waals surface area contributed by atoms with Crippen LogP contribution in [0.25, 0.3) is 0 Å². The van der Waals surface area contributed by atoms with Crippen LogP contribution in [0.1, 0.15) is 24.5 Å². The Hall–Kier alpha value is -1.10. The van der Waals surface area contributed by atoms with Gasteiger partial charge in [0.05, 0.1) is 12.7 Å². The SMILES string of the molecule is Nc1cccc(C(O)CN2CCCC2CO)c1. The number of nitrogen functional groups attached to an aromatic ring is 1. The lowest BCUT2D eigenvalue weighted by atomic mass is 10.1. The van der Waals surface area contributed by atoms with E-state index in [0.717, 1.165) is 24.9 Å². The van der Waals surface area contributed by atoms with Crippen molar-refractivity contribution in [2.45, 2.75) is 25.0 Å². The molecule has 0 amide bonds. The van der Waals surface area contributed by atoms with E-state index < -0.39 is 6.10 Å². The number of nitrogens with two attached hydrogens (primary N) is 1. The normalized spacial score (nSPS) is 22.8. The van der Waals surface area contributed by atoms with Gasteiger partial charge in [-0.25, -0.2) is 0 Å². The van der Waals surface area contributed by atoms with Crippen LogP contribution in [-0.4, -0.2) is 40.9 Å². The minimum Gasteiger partial charge on any atom is -0.399 e. The molecule has 1 aliphatic heterocycles. The lowest BCUT2D eigenvalue weighted by Crippen LogP contribution is -2.35. The molecule has 2 atom stereocenters. The second kappa shape index (κ2) is 5.49. The number of aliphatic hydroxyl groups is 2. The Morgan fingerprint density at radius 1 is 1.47 bits per heavy atom. The summed E-state index contributed by atoms with van der Waals surface area (Å²) in [5.41, 5.74) is 7.20. The molecule has 1 aliphatic rings. The highest BCUT2D eigenvalue weighted by Crippen LogP contribution is 2.22. The molecule has 2 unspecified atom stereocenters. The molecule has 0 radical (unpaired) electrons. The summed E-state index contributed by atoms with van der Waals surface area (Å²) < 4.78 is 0. The third kappa shape index (κ3) is 2.97. The zero-order valence-corrected chi connectivity index (χ0v) is 9.92. The fraction of sp³-hybridized carbons (Fsp3) is 0.538. The van der Waals surface area contributed by atoms with E-state index in [0.29, 0.717) is 12.2 Å². The van der Waals surface area contributed by atoms with Crippen molar-refractivity contribution in [2.75, 3.05) is 25.4 Å². The maximum atomic E-state index is 10.1. The molecular weight excluding hydrogens is 216 g/mol. The molecule has 1 saturated heterocycles. The van der Waals surface area contributed by atoms with Gasteiger partial charge < -0.3 is 15.9 Å². The topological polar surface area (TPSA) is 69.7 Å². The molecule has 0 spiro atoms. The van der Waals surface area contributed by atoms with Gasteiger partial charge in [-0.2, -0.15) is 0 Å². The van der Waals surface area contributed by atoms with Crippen LogP contribution in [0, 0.1) is 0 Å². The van der Waals surface area contributed by atoms with Gasteiger partial charge >= 0.3 is 0 Å². The van der Waals surface area contributed by atoms with Crippen molar-refractivity contribution in [1.29, 1.82) is 0 Å². The van der Waals surface area contributed by atoms with Crippen LogP contribution in [0.15, 0.2) is 24.3 Å². The van der Waals surface area contributed by atoms with Gasteiger partial charge in [0.15, 0.2) is 0 Å². The first-order valence-corrected chi connectivity index (χ1v) is 6.09. The molecule has 4 heteroatoms. The van der Waals surface area contributed by atoms with Crippen molar-refractivity contribution in [2.24, 2.45) is 0 Å². The predicted octanol–water partition coefficient (Wildman–Crippen LogP) is 0.759. The van der Waals surface area contributed by atoms with Crippen LogP contribution in [0.2, 0.25) is 0 Å². The van der Waals surface area contributed by atoms with E-state index in [1.54, 1.807) is 6.07 Å². The second-order valence-electron chi connectivity index (χ2n) is 4.66. The molecule has 1 fully saturated rings. The summed E-state index contributed by atoms with van der Waals surface area (Å²) in [7, 11) is 0. The van der Waals surface area contributed by atoms with Gasteiger partial charge in [-0.15, -0.1) is 0 Å². The quantitative estimate of drug-likeness (QED) is 0.675. The molecular formula is C13H20N2O2. The molecule has 1 aromatic carbocycles. The average Bonchev–Trinajstić information content (AvgIpc) is 2.76. The number of benzene rings is 1. The van der Waals surface area contributed by atoms with Crippen LogP contribution >= 0.6 is 0 Å². The third-order valence-corrected chi connectivity index (χ3v) is 3.41. The lowest BCUT2D eigenvalue weighted by Gasteiger charge is -2.25. The molecule has 0 saturated carbocycles. The summed E-state index contributed by atoms with van der Waals surface area (Å²) in [5, 5.41) is 19.4. The van der Waals surface area contributed by atoms with E-state index in [2.05, 4.69) is 4.90 Å². The Morgan fingerprint density at radius 2 is 2.29 bits per heavy atom. The second-order valence-corrected chi connectivity index (χ2v) is 4.66. The first-order valence-electron chi connectivity index (χ1n) is 6.09. The monoisotopic (exact) mass is 236 g/mol. The van der Waals surface area contributed by atoms with Crippen molar-refractivity contribution >= 4 is 5.69 Å². The standard InChI is InChI=1S/C13H20N2O2/c14-11-4-1-3-10(7-11)13(17)8-15-6-2-5-12(15)9-16/h1,3-4,7,12-13,16-17H,2,5-6,8-9,14H2. The highest BCUT2D eigenvalue weighted by atomic mass is 16.3. The van der Waals surface area contributed by atoms with Gasteiger partial charge in [-0.1, -0.05) is 12.1 Å². The summed E-state index contributed by atoms with van der Waals surface area (Å²) in [4.78, 5) is 2.15. The zero-order chi connectivity index (χ0) is 12.3. The van der Waals surface area contributed by atoms with Crippen LogP contribution in [0.3, 0.4) is 0 Å². The fourth-order valence-electron chi connectivity index (χ4n) is 2.44. The smallest absolute Gasteiger partial charge is 0.0917 e. The lowest BCUT2D eigenvalue weighted by molar-refractivity contribution is 0.0851. The molecule has 1 aromatic rings. The number of anilines is 1. The van der Waals surface area contributed by atoms with Gasteiger partial charge in [-0.05, 0) is 37.1 Å². The summed E-state index contributed by atoms with van der Waals surface area (Å²) in [5.74, 6) is 0. The number of likely N-dealkylation sites (tertiary alicyclic amines) is 1. The number of β-amino-alcohol motifs (C(OH)–C–C–N with tert-alkyl or cyclic N) is 1. The largest absolute Gasteiger partial charge is 0.399 e. The number of hydrogen-bond donors (Lipinski definition) is 3. The van der Waals surface area contributed by atoms with Crippen molar-refractivity contribution in [3.8, 4) is 0 Å². The first kappa shape index (κ1) is 12.4. The van der Waals surface area contributed by atoms with Crippen LogP contribution in [-0.2, 0) is 0 Å². The molecule has 0 aliphatic carbocycles. The molecule has 1 heterocycles. The Bertz CT molecular complexity index is 370. The maximum Gasteiger partial charge on any atom is 0.0917 e. The Kier molecular flexibility index (Phi) is 3.99. The van der Waals surface area contributed by atoms with Gasteiger partial charge in [0.2, 0.25) is 0 Å². The third-order valence-electron chi connectivity index (χ3n) is 3.41. The molecule has 4 nitrogen and oxygen atoms in total. The molecule has 4 N–H and O–H groups in total. The number of rotatable bonds is 4. The van der Waals surface area contributed by atoms with Crippen LogP contribution in [0.5, 0.6) is 0 Å². The summed E-state index contributed by atoms with van der Waals surface area (Å²) in [6.07, 6.45) is 1.57. The van der Waals surface area contributed by atoms with E-state index in [1.807, 2.05) is 18.2 Å². The molecule has 0 aromatic heterocycles. The predicted molar refractivity (Wildman–Crippen MR) is 67.5 cm³/mol. The summed E-state index contributed by atoms with van der Waals surface area (Å²) >= 11 is 0.